The van der Waals surface area contributed by atoms with Crippen molar-refractivity contribution in [1.82, 2.24) is 5.43 Å². The maximum absolute atomic E-state index is 12.8. The number of carbonyl (C=O) groups excluding carboxylic acids is 2. The molecule has 0 heterocycles. The molecular weight excluding hydrogens is 365 g/mol. The van der Waals surface area contributed by atoms with Crippen LogP contribution >= 0.6 is 0 Å². The highest BCUT2D eigenvalue weighted by Crippen LogP contribution is 2.27. The minimum absolute atomic E-state index is 0.403. The average molecular weight is 387 g/mol. The maximum Gasteiger partial charge on any atom is 0.249 e. The molecule has 0 saturated carbocycles. The first-order valence-electron chi connectivity index (χ1n) is 8.78. The average Bonchev–Trinajstić information content (AvgIpc) is 2.66. The summed E-state index contributed by atoms with van der Waals surface area (Å²) in [7, 11) is 0. The van der Waals surface area contributed by atoms with Crippen molar-refractivity contribution in [3.8, 4) is 11.5 Å². The Labute approximate surface area is 162 Å². The van der Waals surface area contributed by atoms with Crippen LogP contribution < -0.4 is 20.2 Å². The molecule has 0 bridgehead atoms. The number of halogens is 1. The van der Waals surface area contributed by atoms with Crippen LogP contribution in [0.25, 0.3) is 0 Å². The summed E-state index contributed by atoms with van der Waals surface area (Å²) in [6.07, 6.45) is 1.02. The molecular formula is C20H22FN3O4. The number of hydrogen-bond acceptors (Lipinski definition) is 5. The Hall–Kier alpha value is -3.42. The van der Waals surface area contributed by atoms with Crippen molar-refractivity contribution in [3.05, 3.63) is 53.8 Å². The lowest BCUT2D eigenvalue weighted by Gasteiger charge is -2.11. The molecule has 7 nitrogen and oxygen atoms in total. The molecule has 0 radical (unpaired) electrons. The Morgan fingerprint density at radius 2 is 1.68 bits per heavy atom. The first-order chi connectivity index (χ1) is 13.5. The van der Waals surface area contributed by atoms with E-state index in [0.29, 0.717) is 36.0 Å². The van der Waals surface area contributed by atoms with E-state index < -0.39 is 24.1 Å². The zero-order chi connectivity index (χ0) is 20.4. The predicted molar refractivity (Wildman–Crippen MR) is 104 cm³/mol. The summed E-state index contributed by atoms with van der Waals surface area (Å²) in [4.78, 5) is 23.6. The van der Waals surface area contributed by atoms with Crippen molar-refractivity contribution in [2.45, 2.75) is 20.3 Å². The molecule has 0 spiro atoms. The number of ether oxygens (including phenoxy) is 2. The van der Waals surface area contributed by atoms with Gasteiger partial charge in [0.25, 0.3) is 0 Å². The molecule has 2 rings (SSSR count). The quantitative estimate of drug-likeness (QED) is 0.393. The topological polar surface area (TPSA) is 89.0 Å². The predicted octanol–water partition coefficient (Wildman–Crippen LogP) is 3.10. The largest absolute Gasteiger partial charge is 0.490 e. The molecule has 0 saturated heterocycles. The van der Waals surface area contributed by atoms with Crippen LogP contribution in [0.1, 0.15) is 25.8 Å². The Kier molecular flexibility index (Phi) is 7.95. The highest BCUT2D eigenvalue weighted by Gasteiger charge is 2.09. The number of anilines is 1. The number of hydrogen-bond donors (Lipinski definition) is 2. The summed E-state index contributed by atoms with van der Waals surface area (Å²) < 4.78 is 23.8. The van der Waals surface area contributed by atoms with Gasteiger partial charge in [0, 0.05) is 5.69 Å². The summed E-state index contributed by atoms with van der Waals surface area (Å²) in [6, 6.07) is 10.5. The molecule has 2 aromatic carbocycles. The second kappa shape index (κ2) is 10.7. The van der Waals surface area contributed by atoms with Crippen LogP contribution in [0.2, 0.25) is 0 Å². The zero-order valence-corrected chi connectivity index (χ0v) is 15.7. The first-order valence-corrected chi connectivity index (χ1v) is 8.78. The van der Waals surface area contributed by atoms with E-state index in [1.54, 1.807) is 18.2 Å². The van der Waals surface area contributed by atoms with Crippen molar-refractivity contribution in [3.63, 3.8) is 0 Å². The molecule has 8 heteroatoms. The van der Waals surface area contributed by atoms with E-state index in [-0.39, 0.29) is 0 Å². The van der Waals surface area contributed by atoms with Gasteiger partial charge in [-0.3, -0.25) is 9.59 Å². The van der Waals surface area contributed by atoms with E-state index in [4.69, 9.17) is 9.47 Å². The van der Waals surface area contributed by atoms with E-state index >= 15 is 0 Å². The smallest absolute Gasteiger partial charge is 0.249 e. The van der Waals surface area contributed by atoms with Gasteiger partial charge in [0.15, 0.2) is 11.5 Å². The second-order valence-corrected chi connectivity index (χ2v) is 5.60. The van der Waals surface area contributed by atoms with Crippen LogP contribution in [0.4, 0.5) is 10.1 Å². The number of amides is 2. The summed E-state index contributed by atoms with van der Waals surface area (Å²) in [5.41, 5.74) is 3.39. The molecule has 2 amide bonds. The minimum Gasteiger partial charge on any atom is -0.490 e. The lowest BCUT2D eigenvalue weighted by molar-refractivity contribution is -0.126. The van der Waals surface area contributed by atoms with E-state index in [0.717, 1.165) is 0 Å². The number of nitrogens with one attached hydrogen (secondary N) is 2. The van der Waals surface area contributed by atoms with Gasteiger partial charge >= 0.3 is 0 Å². The van der Waals surface area contributed by atoms with Crippen molar-refractivity contribution in [2.75, 3.05) is 18.5 Å². The van der Waals surface area contributed by atoms with Crippen LogP contribution in [0, 0.1) is 5.82 Å². The van der Waals surface area contributed by atoms with Crippen LogP contribution in [0.3, 0.4) is 0 Å². The molecule has 0 aliphatic heterocycles. The van der Waals surface area contributed by atoms with E-state index in [9.17, 15) is 14.0 Å². The number of benzene rings is 2. The Morgan fingerprint density at radius 1 is 1.00 bits per heavy atom. The lowest BCUT2D eigenvalue weighted by Crippen LogP contribution is -2.24. The van der Waals surface area contributed by atoms with Gasteiger partial charge in [-0.2, -0.15) is 5.10 Å². The number of hydrazone groups is 1. The summed E-state index contributed by atoms with van der Waals surface area (Å²) in [6.45, 7) is 4.75. The van der Waals surface area contributed by atoms with E-state index in [2.05, 4.69) is 15.8 Å². The highest BCUT2D eigenvalue weighted by atomic mass is 19.1. The molecule has 0 aliphatic rings. The molecule has 0 atom stereocenters. The van der Waals surface area contributed by atoms with Gasteiger partial charge in [-0.15, -0.1) is 0 Å². The molecule has 148 valence electrons. The second-order valence-electron chi connectivity index (χ2n) is 5.60. The molecule has 2 aromatic rings. The number of nitrogens with zero attached hydrogens (tertiary/aromatic N) is 1. The molecule has 2 N–H and O–H groups in total. The fourth-order valence-corrected chi connectivity index (χ4v) is 2.25. The third kappa shape index (κ3) is 6.71. The van der Waals surface area contributed by atoms with E-state index in [1.165, 1.54) is 30.5 Å². The molecule has 0 aromatic heterocycles. The monoisotopic (exact) mass is 387 g/mol. The maximum atomic E-state index is 12.8. The van der Waals surface area contributed by atoms with Gasteiger partial charge in [-0.05, 0) is 61.9 Å². The van der Waals surface area contributed by atoms with Crippen molar-refractivity contribution >= 4 is 23.7 Å². The van der Waals surface area contributed by atoms with Crippen LogP contribution in [0.5, 0.6) is 11.5 Å². The first kappa shape index (κ1) is 20.9. The Balaban J connectivity index is 1.87. The molecule has 28 heavy (non-hydrogen) atoms. The Morgan fingerprint density at radius 3 is 2.36 bits per heavy atom. The van der Waals surface area contributed by atoms with Gasteiger partial charge in [-0.1, -0.05) is 0 Å². The standard InChI is InChI=1S/C20H22FN3O4/c1-3-27-17-10-5-14(11-18(17)28-4-2)13-22-24-20(26)12-19(25)23-16-8-6-15(21)7-9-16/h5-11,13H,3-4,12H2,1-2H3,(H,23,25)(H,24,26). The van der Waals surface area contributed by atoms with Crippen molar-refractivity contribution in [2.24, 2.45) is 5.10 Å². The summed E-state index contributed by atoms with van der Waals surface area (Å²) >= 11 is 0. The minimum atomic E-state index is -0.577. The fraction of sp³-hybridized carbons (Fsp3) is 0.250. The summed E-state index contributed by atoms with van der Waals surface area (Å²) in [5.74, 6) is -0.306. The summed E-state index contributed by atoms with van der Waals surface area (Å²) in [5, 5.41) is 6.34. The number of rotatable bonds is 9. The van der Waals surface area contributed by atoms with Crippen LogP contribution in [-0.4, -0.2) is 31.2 Å². The molecule has 0 unspecified atom stereocenters. The molecule has 0 fully saturated rings. The van der Waals surface area contributed by atoms with Gasteiger partial charge in [0.2, 0.25) is 11.8 Å². The van der Waals surface area contributed by atoms with Gasteiger partial charge in [0.1, 0.15) is 12.2 Å². The third-order valence-electron chi connectivity index (χ3n) is 3.42. The lowest BCUT2D eigenvalue weighted by atomic mass is 10.2. The van der Waals surface area contributed by atoms with Crippen molar-refractivity contribution < 1.29 is 23.5 Å². The van der Waals surface area contributed by atoms with Crippen molar-refractivity contribution in [1.29, 1.82) is 0 Å². The van der Waals surface area contributed by atoms with Gasteiger partial charge in [0.05, 0.1) is 19.4 Å². The van der Waals surface area contributed by atoms with Gasteiger partial charge in [-0.25, -0.2) is 9.82 Å². The highest BCUT2D eigenvalue weighted by molar-refractivity contribution is 6.03. The Bertz CT molecular complexity index is 838. The SMILES string of the molecule is CCOc1ccc(C=NNC(=O)CC(=O)Nc2ccc(F)cc2)cc1OCC. The fourth-order valence-electron chi connectivity index (χ4n) is 2.25. The normalized spacial score (nSPS) is 10.5. The molecule has 0 aliphatic carbocycles. The zero-order valence-electron chi connectivity index (χ0n) is 15.7. The number of carbonyl (C=O) groups is 2. The van der Waals surface area contributed by atoms with Gasteiger partial charge < -0.3 is 14.8 Å². The van der Waals surface area contributed by atoms with E-state index in [1.807, 2.05) is 13.8 Å². The van der Waals surface area contributed by atoms with Crippen LogP contribution in [0.15, 0.2) is 47.6 Å². The third-order valence-corrected chi connectivity index (χ3v) is 3.42. The van der Waals surface area contributed by atoms with Crippen LogP contribution in [-0.2, 0) is 9.59 Å².